The molecule has 2 amide bonds. The maximum Gasteiger partial charge on any atom is 0.258 e. The summed E-state index contributed by atoms with van der Waals surface area (Å²) in [6.45, 7) is 2.14. The van der Waals surface area contributed by atoms with Gasteiger partial charge in [0.25, 0.3) is 5.91 Å². The topological polar surface area (TPSA) is 78.4 Å². The summed E-state index contributed by atoms with van der Waals surface area (Å²) < 4.78 is 0. The standard InChI is InChI=1S/C25H25N5O2/c31-23(20-6-3-15-29(17-20)25-26-13-4-14-27-25)28-21-10-8-19(9-11-21)24(32)30-16-12-18-5-1-2-7-22(18)30/h1-2,4-5,7-11,13-14,20H,3,6,12,15-17H2,(H,28,31). The number of aromatic nitrogens is 2. The molecule has 2 aliphatic rings. The molecule has 2 aromatic carbocycles. The third-order valence-corrected chi connectivity index (χ3v) is 6.16. The van der Waals surface area contributed by atoms with E-state index in [1.165, 1.54) is 5.56 Å². The Balaban J connectivity index is 1.22. The van der Waals surface area contributed by atoms with Gasteiger partial charge in [0.2, 0.25) is 11.9 Å². The summed E-state index contributed by atoms with van der Waals surface area (Å²) in [5.74, 6) is 0.503. The quantitative estimate of drug-likeness (QED) is 0.689. The van der Waals surface area contributed by atoms with Gasteiger partial charge in [0, 0.05) is 49.0 Å². The van der Waals surface area contributed by atoms with Crippen molar-refractivity contribution in [1.82, 2.24) is 9.97 Å². The van der Waals surface area contributed by atoms with Gasteiger partial charge in [-0.25, -0.2) is 9.97 Å². The number of nitrogens with one attached hydrogen (secondary N) is 1. The number of para-hydroxylation sites is 1. The Morgan fingerprint density at radius 3 is 2.53 bits per heavy atom. The Labute approximate surface area is 187 Å². The van der Waals surface area contributed by atoms with Crippen LogP contribution in [-0.2, 0) is 11.2 Å². The van der Waals surface area contributed by atoms with Crippen LogP contribution in [-0.4, -0.2) is 41.4 Å². The van der Waals surface area contributed by atoms with E-state index in [2.05, 4.69) is 26.3 Å². The van der Waals surface area contributed by atoms with Crippen molar-refractivity contribution in [3.05, 3.63) is 78.1 Å². The molecule has 2 aliphatic heterocycles. The van der Waals surface area contributed by atoms with Crippen molar-refractivity contribution in [2.75, 3.05) is 34.8 Å². The molecule has 1 saturated heterocycles. The van der Waals surface area contributed by atoms with Gasteiger partial charge in [-0.1, -0.05) is 18.2 Å². The second-order valence-corrected chi connectivity index (χ2v) is 8.24. The number of hydrogen-bond donors (Lipinski definition) is 1. The van der Waals surface area contributed by atoms with Crippen molar-refractivity contribution >= 4 is 29.1 Å². The number of carbonyl (C=O) groups excluding carboxylic acids is 2. The molecule has 7 heteroatoms. The number of carbonyl (C=O) groups is 2. The highest BCUT2D eigenvalue weighted by Crippen LogP contribution is 2.29. The van der Waals surface area contributed by atoms with Crippen molar-refractivity contribution in [3.63, 3.8) is 0 Å². The molecule has 1 aromatic heterocycles. The summed E-state index contributed by atoms with van der Waals surface area (Å²) >= 11 is 0. The van der Waals surface area contributed by atoms with Crippen LogP contribution < -0.4 is 15.1 Å². The first-order valence-corrected chi connectivity index (χ1v) is 11.0. The molecule has 0 spiro atoms. The molecular weight excluding hydrogens is 402 g/mol. The number of nitrogens with zero attached hydrogens (tertiary/aromatic N) is 4. The van der Waals surface area contributed by atoms with Crippen LogP contribution in [0, 0.1) is 5.92 Å². The zero-order valence-electron chi connectivity index (χ0n) is 17.8. The number of rotatable bonds is 4. The van der Waals surface area contributed by atoms with E-state index in [1.54, 1.807) is 42.7 Å². The first-order chi connectivity index (χ1) is 15.7. The lowest BCUT2D eigenvalue weighted by molar-refractivity contribution is -0.120. The van der Waals surface area contributed by atoms with Gasteiger partial charge in [0.15, 0.2) is 0 Å². The highest BCUT2D eigenvalue weighted by Gasteiger charge is 2.28. The van der Waals surface area contributed by atoms with Gasteiger partial charge >= 0.3 is 0 Å². The third-order valence-electron chi connectivity index (χ3n) is 6.16. The van der Waals surface area contributed by atoms with Gasteiger partial charge in [-0.3, -0.25) is 9.59 Å². The van der Waals surface area contributed by atoms with E-state index in [4.69, 9.17) is 0 Å². The van der Waals surface area contributed by atoms with Crippen LogP contribution in [0.15, 0.2) is 67.0 Å². The van der Waals surface area contributed by atoms with Crippen LogP contribution in [0.25, 0.3) is 0 Å². The van der Waals surface area contributed by atoms with Crippen LogP contribution in [0.1, 0.15) is 28.8 Å². The summed E-state index contributed by atoms with van der Waals surface area (Å²) in [5.41, 5.74) is 3.50. The Kier molecular flexibility index (Phi) is 5.54. The number of hydrogen-bond acceptors (Lipinski definition) is 5. The van der Waals surface area contributed by atoms with Crippen LogP contribution in [0.5, 0.6) is 0 Å². The first-order valence-electron chi connectivity index (χ1n) is 11.0. The van der Waals surface area contributed by atoms with Crippen LogP contribution in [0.2, 0.25) is 0 Å². The van der Waals surface area contributed by atoms with E-state index in [-0.39, 0.29) is 17.7 Å². The van der Waals surface area contributed by atoms with E-state index >= 15 is 0 Å². The Morgan fingerprint density at radius 2 is 1.72 bits per heavy atom. The summed E-state index contributed by atoms with van der Waals surface area (Å²) in [4.78, 5) is 38.3. The lowest BCUT2D eigenvalue weighted by Gasteiger charge is -2.31. The summed E-state index contributed by atoms with van der Waals surface area (Å²) in [6, 6.07) is 17.0. The Morgan fingerprint density at radius 1 is 0.938 bits per heavy atom. The van der Waals surface area contributed by atoms with Gasteiger partial charge < -0.3 is 15.1 Å². The van der Waals surface area contributed by atoms with Crippen molar-refractivity contribution in [2.45, 2.75) is 19.3 Å². The predicted octanol–water partition coefficient (Wildman–Crippen LogP) is 3.53. The molecule has 7 nitrogen and oxygen atoms in total. The highest BCUT2D eigenvalue weighted by molar-refractivity contribution is 6.07. The van der Waals surface area contributed by atoms with Crippen molar-refractivity contribution in [1.29, 1.82) is 0 Å². The Bertz CT molecular complexity index is 1120. The first kappa shape index (κ1) is 20.2. The molecule has 3 heterocycles. The minimum absolute atomic E-state index is 0.0152. The number of fused-ring (bicyclic) bond motifs is 1. The van der Waals surface area contributed by atoms with E-state index in [1.807, 2.05) is 23.1 Å². The minimum atomic E-state index is -0.130. The van der Waals surface area contributed by atoms with Gasteiger partial charge in [0.05, 0.1) is 5.92 Å². The van der Waals surface area contributed by atoms with Crippen LogP contribution in [0.4, 0.5) is 17.3 Å². The van der Waals surface area contributed by atoms with E-state index < -0.39 is 0 Å². The molecular formula is C25H25N5O2. The fraction of sp³-hybridized carbons (Fsp3) is 0.280. The largest absolute Gasteiger partial charge is 0.340 e. The minimum Gasteiger partial charge on any atom is -0.340 e. The maximum atomic E-state index is 13.0. The smallest absolute Gasteiger partial charge is 0.258 e. The number of amides is 2. The maximum absolute atomic E-state index is 13.0. The lowest BCUT2D eigenvalue weighted by Crippen LogP contribution is -2.41. The molecule has 0 aliphatic carbocycles. The molecule has 1 fully saturated rings. The average molecular weight is 428 g/mol. The van der Waals surface area contributed by atoms with Gasteiger partial charge in [0.1, 0.15) is 0 Å². The van der Waals surface area contributed by atoms with E-state index in [0.717, 1.165) is 31.5 Å². The summed E-state index contributed by atoms with van der Waals surface area (Å²) in [6.07, 6.45) is 6.06. The fourth-order valence-corrected chi connectivity index (χ4v) is 4.47. The number of piperidine rings is 1. The molecule has 3 aromatic rings. The predicted molar refractivity (Wildman–Crippen MR) is 124 cm³/mol. The summed E-state index contributed by atoms with van der Waals surface area (Å²) in [7, 11) is 0. The van der Waals surface area contributed by atoms with E-state index in [0.29, 0.717) is 30.3 Å². The van der Waals surface area contributed by atoms with Gasteiger partial charge in [-0.15, -0.1) is 0 Å². The van der Waals surface area contributed by atoms with Crippen molar-refractivity contribution < 1.29 is 9.59 Å². The average Bonchev–Trinajstić information content (AvgIpc) is 3.29. The van der Waals surface area contributed by atoms with Crippen molar-refractivity contribution in [3.8, 4) is 0 Å². The molecule has 32 heavy (non-hydrogen) atoms. The van der Waals surface area contributed by atoms with Crippen LogP contribution in [0.3, 0.4) is 0 Å². The normalized spacial score (nSPS) is 17.7. The zero-order valence-corrected chi connectivity index (χ0v) is 17.8. The second-order valence-electron chi connectivity index (χ2n) is 8.24. The third kappa shape index (κ3) is 4.06. The lowest BCUT2D eigenvalue weighted by atomic mass is 9.97. The summed E-state index contributed by atoms with van der Waals surface area (Å²) in [5, 5.41) is 3.00. The fourth-order valence-electron chi connectivity index (χ4n) is 4.47. The molecule has 0 radical (unpaired) electrons. The van der Waals surface area contributed by atoms with Crippen molar-refractivity contribution in [2.24, 2.45) is 5.92 Å². The SMILES string of the molecule is O=C(Nc1ccc(C(=O)N2CCc3ccccc32)cc1)C1CCCN(c2ncccn2)C1. The molecule has 5 rings (SSSR count). The molecule has 0 bridgehead atoms. The molecule has 1 unspecified atom stereocenters. The van der Waals surface area contributed by atoms with Crippen LogP contribution >= 0.6 is 0 Å². The number of anilines is 3. The monoisotopic (exact) mass is 427 g/mol. The highest BCUT2D eigenvalue weighted by atomic mass is 16.2. The second kappa shape index (κ2) is 8.78. The molecule has 162 valence electrons. The van der Waals surface area contributed by atoms with E-state index in [9.17, 15) is 9.59 Å². The Hall–Kier alpha value is -3.74. The molecule has 1 atom stereocenters. The zero-order chi connectivity index (χ0) is 21.9. The molecule has 0 saturated carbocycles. The molecule has 1 N–H and O–H groups in total. The van der Waals surface area contributed by atoms with Gasteiger partial charge in [-0.2, -0.15) is 0 Å². The number of benzene rings is 2. The van der Waals surface area contributed by atoms with Gasteiger partial charge in [-0.05, 0) is 61.2 Å².